The third-order valence-corrected chi connectivity index (χ3v) is 167. The van der Waals surface area contributed by atoms with E-state index < -0.39 is 50.7 Å². The van der Waals surface area contributed by atoms with Crippen molar-refractivity contribution >= 4 is 50.7 Å². The molecule has 0 spiro atoms. The van der Waals surface area contributed by atoms with Gasteiger partial charge in [-0.05, 0) is 0 Å². The Labute approximate surface area is 664 Å². The first kappa shape index (κ1) is 105. The maximum Gasteiger partial charge on any atom is 0.0450 e. The van der Waals surface area contributed by atoms with Crippen molar-refractivity contribution in [3.63, 3.8) is 0 Å². The summed E-state index contributed by atoms with van der Waals surface area (Å²) in [6, 6.07) is 30.4. The summed E-state index contributed by atoms with van der Waals surface area (Å²) in [5.74, 6) is 0. The molecule has 0 aromatic rings. The van der Waals surface area contributed by atoms with Crippen LogP contribution in [0.4, 0.5) is 0 Å². The summed E-state index contributed by atoms with van der Waals surface area (Å²) in [5.41, 5.74) is 0. The van der Waals surface area contributed by atoms with Crippen LogP contribution in [0.1, 0.15) is 522 Å². The van der Waals surface area contributed by atoms with Gasteiger partial charge in [0, 0.05) is 50.7 Å². The van der Waals surface area contributed by atoms with Crippen LogP contribution in [0.5, 0.6) is 0 Å². The highest BCUT2D eigenvalue weighted by atomic mass is 30.1. The lowest BCUT2D eigenvalue weighted by Gasteiger charge is -2.74. The summed E-state index contributed by atoms with van der Waals surface area (Å²) in [7, 11) is -15.2. The van der Waals surface area contributed by atoms with Crippen LogP contribution in [0.2, 0.25) is 96.7 Å². The van der Waals surface area contributed by atoms with Crippen LogP contribution < -0.4 is 0 Å². The van der Waals surface area contributed by atoms with Gasteiger partial charge < -0.3 is 0 Å². The molecule has 0 amide bonds. The first-order valence-electron chi connectivity index (χ1n) is 50.5. The molecule has 0 aromatic heterocycles. The molecule has 0 bridgehead atoms. The zero-order valence-electron chi connectivity index (χ0n) is 76.1. The Morgan fingerprint density at radius 3 is 0.282 bits per heavy atom. The van der Waals surface area contributed by atoms with Gasteiger partial charge in [0.05, 0.1) is 0 Å². The molecule has 7 heteroatoms. The van der Waals surface area contributed by atoms with Crippen molar-refractivity contribution in [1.29, 1.82) is 0 Å². The van der Waals surface area contributed by atoms with E-state index in [4.69, 9.17) is 0 Å². The average molecular weight is 1560 g/mol. The molecular formula is C96H208Si7. The Morgan fingerprint density at radius 2 is 0.175 bits per heavy atom. The third-order valence-electron chi connectivity index (χ3n) is 29.3. The number of unbranched alkanes of at least 4 members (excludes halogenated alkanes) is 48. The minimum Gasteiger partial charge on any atom is -0.0654 e. The van der Waals surface area contributed by atoms with Crippen LogP contribution in [0.25, 0.3) is 0 Å². The van der Waals surface area contributed by atoms with Gasteiger partial charge in [0.1, 0.15) is 0 Å². The van der Waals surface area contributed by atoms with Crippen LogP contribution in [0.3, 0.4) is 0 Å². The van der Waals surface area contributed by atoms with Gasteiger partial charge in [-0.25, -0.2) is 0 Å². The van der Waals surface area contributed by atoms with Crippen LogP contribution in [-0.2, 0) is 0 Å². The summed E-state index contributed by atoms with van der Waals surface area (Å²) in [4.78, 5) is 0. The Morgan fingerprint density at radius 1 is 0.0874 bits per heavy atom. The molecule has 0 saturated heterocycles. The molecule has 0 nitrogen and oxygen atoms in total. The minimum absolute atomic E-state index is 1.42. The maximum atomic E-state index is 2.65. The second-order valence-corrected chi connectivity index (χ2v) is 103. The number of rotatable bonds is 86. The number of hydrogen-bond donors (Lipinski definition) is 0. The van der Waals surface area contributed by atoms with Gasteiger partial charge in [-0.3, -0.25) is 0 Å². The van der Waals surface area contributed by atoms with Gasteiger partial charge >= 0.3 is 0 Å². The molecule has 103 heavy (non-hydrogen) atoms. The molecule has 0 heterocycles. The van der Waals surface area contributed by atoms with Crippen LogP contribution >= 0.6 is 0 Å². The van der Waals surface area contributed by atoms with Crippen LogP contribution in [-0.4, -0.2) is 50.7 Å². The fourth-order valence-electron chi connectivity index (χ4n) is 24.0. The van der Waals surface area contributed by atoms with E-state index in [1.807, 2.05) is 96.7 Å². The quantitative estimate of drug-likeness (QED) is 0.0421. The topological polar surface area (TPSA) is 0 Å². The average Bonchev–Trinajstić information content (AvgIpc) is 0.663. The van der Waals surface area contributed by atoms with E-state index in [0.717, 1.165) is 0 Å². The summed E-state index contributed by atoms with van der Waals surface area (Å²) in [5, 5.41) is 0. The van der Waals surface area contributed by atoms with Gasteiger partial charge in [0.15, 0.2) is 0 Å². The summed E-state index contributed by atoms with van der Waals surface area (Å²) >= 11 is 0. The van der Waals surface area contributed by atoms with Crippen LogP contribution in [0.15, 0.2) is 0 Å². The molecule has 0 aliphatic rings. The highest BCUT2D eigenvalue weighted by Gasteiger charge is 2.79. The molecule has 0 fully saturated rings. The van der Waals surface area contributed by atoms with Crippen molar-refractivity contribution in [1.82, 2.24) is 0 Å². The SMILES string of the molecule is CCCCCC[Si](CCCCCC)(CCCCCC)[Si](CCCCCC)(CCCCCC)[Si](CCCCCC)(CCCCCC)[Si](CCCCCC)(CCCCCC)[Si](CCCCCC)(CCCCCC)[Si](CCCCCC)(CCCCCC)[Si](CCCCCC)(CCCCCC)CCCCCC. The van der Waals surface area contributed by atoms with Crippen LogP contribution in [0, 0.1) is 0 Å². The first-order chi connectivity index (χ1) is 50.5. The maximum absolute atomic E-state index is 2.65. The fraction of sp³-hybridized carbons (Fsp3) is 1.00. The van der Waals surface area contributed by atoms with Crippen molar-refractivity contribution < 1.29 is 0 Å². The predicted octanol–water partition coefficient (Wildman–Crippen LogP) is 37.9. The van der Waals surface area contributed by atoms with Crippen molar-refractivity contribution in [3.05, 3.63) is 0 Å². The van der Waals surface area contributed by atoms with E-state index in [2.05, 4.69) is 111 Å². The molecule has 620 valence electrons. The van der Waals surface area contributed by atoms with E-state index in [1.54, 1.807) is 205 Å². The smallest absolute Gasteiger partial charge is 0.0450 e. The lowest BCUT2D eigenvalue weighted by atomic mass is 10.2. The van der Waals surface area contributed by atoms with E-state index >= 15 is 0 Å². The lowest BCUT2D eigenvalue weighted by molar-refractivity contribution is 0.662. The normalized spacial score (nSPS) is 13.0. The molecule has 0 unspecified atom stereocenters. The molecule has 0 aromatic carbocycles. The van der Waals surface area contributed by atoms with E-state index in [0.29, 0.717) is 0 Å². The van der Waals surface area contributed by atoms with Crippen molar-refractivity contribution in [2.24, 2.45) is 0 Å². The summed E-state index contributed by atoms with van der Waals surface area (Å²) in [6.45, 7) is 41.9. The fourth-order valence-corrected chi connectivity index (χ4v) is 255. The Kier molecular flexibility index (Phi) is 72.4. The molecule has 0 aliphatic carbocycles. The highest BCUT2D eigenvalue weighted by Crippen LogP contribution is 2.64. The molecule has 0 radical (unpaired) electrons. The van der Waals surface area contributed by atoms with Gasteiger partial charge in [-0.1, -0.05) is 618 Å². The predicted molar refractivity (Wildman–Crippen MR) is 503 cm³/mol. The highest BCUT2D eigenvalue weighted by molar-refractivity contribution is 8.02. The number of hydrogen-bond acceptors (Lipinski definition) is 0. The standard InChI is InChI=1S/C96H208Si7/c1-17-33-49-65-81-97(82-66-50-34-18-2,83-67-51-35-19-3)99(87-71-55-39-23-7,88-72-56-40-24-8)101(91-75-59-43-27-11,92-76-60-44-28-12)103(95-79-63-47-31-15,96-80-64-48-32-16)102(93-77-61-45-29-13,94-78-62-46-30-14)100(89-73-57-41-25-9,90-74-58-42-26-10)98(84-68-52-36-20-4,85-69-53-37-21-5)86-70-54-38-22-6/h17-96H2,1-16H3. The minimum atomic E-state index is -2.32. The van der Waals surface area contributed by atoms with E-state index in [-0.39, 0.29) is 0 Å². The zero-order valence-corrected chi connectivity index (χ0v) is 83.1. The second kappa shape index (κ2) is 71.3. The molecule has 0 aliphatic heterocycles. The Bertz CT molecular complexity index is 1480. The zero-order chi connectivity index (χ0) is 76.1. The van der Waals surface area contributed by atoms with Gasteiger partial charge in [0.2, 0.25) is 0 Å². The monoisotopic (exact) mass is 1560 g/mol. The van der Waals surface area contributed by atoms with Crippen molar-refractivity contribution in [2.75, 3.05) is 0 Å². The van der Waals surface area contributed by atoms with Crippen molar-refractivity contribution in [2.45, 2.75) is 618 Å². The van der Waals surface area contributed by atoms with Gasteiger partial charge in [-0.15, -0.1) is 0 Å². The summed E-state index contributed by atoms with van der Waals surface area (Å²) < 4.78 is 0. The van der Waals surface area contributed by atoms with Gasteiger partial charge in [-0.2, -0.15) is 0 Å². The lowest BCUT2D eigenvalue weighted by Crippen LogP contribution is -2.97. The van der Waals surface area contributed by atoms with Gasteiger partial charge in [0.25, 0.3) is 0 Å². The van der Waals surface area contributed by atoms with E-state index in [9.17, 15) is 0 Å². The second-order valence-electron chi connectivity index (χ2n) is 36.9. The van der Waals surface area contributed by atoms with Crippen molar-refractivity contribution in [3.8, 4) is 0 Å². The Hall–Kier alpha value is 1.52. The molecule has 0 atom stereocenters. The first-order valence-corrected chi connectivity index (χ1v) is 73.8. The summed E-state index contributed by atoms with van der Waals surface area (Å²) in [6.07, 6.45) is 99.7. The third kappa shape index (κ3) is 38.0. The van der Waals surface area contributed by atoms with E-state index in [1.165, 1.54) is 205 Å². The molecular weight excluding hydrogens is 1350 g/mol. The molecule has 0 saturated carbocycles. The molecule has 0 N–H and O–H groups in total. The Balaban J connectivity index is 12.8. The molecule has 0 rings (SSSR count). The largest absolute Gasteiger partial charge is 0.0654 e.